The maximum atomic E-state index is 4.75. The summed E-state index contributed by atoms with van der Waals surface area (Å²) < 4.78 is 4.75. The van der Waals surface area contributed by atoms with Crippen molar-refractivity contribution in [1.82, 2.24) is 15.4 Å². The van der Waals surface area contributed by atoms with Crippen molar-refractivity contribution in [2.75, 3.05) is 0 Å². The summed E-state index contributed by atoms with van der Waals surface area (Å²) in [7, 11) is 0. The highest BCUT2D eigenvalue weighted by Crippen LogP contribution is 1.92. The molecule has 2 aromatic rings. The first-order valence-electron chi connectivity index (χ1n) is 2.76. The highest BCUT2D eigenvalue weighted by atomic mass is 16.5. The summed E-state index contributed by atoms with van der Waals surface area (Å²) in [6.07, 6.45) is 0. The monoisotopic (exact) mass is 135 g/mol. The van der Waals surface area contributed by atoms with Crippen LogP contribution in [0.3, 0.4) is 0 Å². The zero-order valence-corrected chi connectivity index (χ0v) is 5.22. The van der Waals surface area contributed by atoms with Gasteiger partial charge in [0.2, 0.25) is 0 Å². The maximum absolute atomic E-state index is 4.75. The average Bonchev–Trinajstić information content (AvgIpc) is 2.41. The van der Waals surface area contributed by atoms with E-state index in [-0.39, 0.29) is 0 Å². The summed E-state index contributed by atoms with van der Waals surface area (Å²) in [5.74, 6) is 0. The predicted molar refractivity (Wildman–Crippen MR) is 36.4 cm³/mol. The summed E-state index contributed by atoms with van der Waals surface area (Å²) >= 11 is 0. The molecule has 0 bridgehead atoms. The van der Waals surface area contributed by atoms with Gasteiger partial charge in [0, 0.05) is 0 Å². The van der Waals surface area contributed by atoms with Crippen molar-refractivity contribution < 1.29 is 4.52 Å². The van der Waals surface area contributed by atoms with Crippen molar-refractivity contribution in [2.24, 2.45) is 0 Å². The molecule has 0 unspecified atom stereocenters. The first kappa shape index (κ1) is 5.22. The third-order valence-corrected chi connectivity index (χ3v) is 1.32. The number of H-pyrrole nitrogens is 1. The molecular formula is C6H5N3O. The van der Waals surface area contributed by atoms with Gasteiger partial charge in [0.25, 0.3) is 0 Å². The van der Waals surface area contributed by atoms with Gasteiger partial charge in [0.1, 0.15) is 0 Å². The molecule has 0 amide bonds. The highest BCUT2D eigenvalue weighted by molar-refractivity contribution is 5.72. The Hall–Kier alpha value is -1.58. The molecule has 0 spiro atoms. The minimum Gasteiger partial charge on any atom is -0.354 e. The van der Waals surface area contributed by atoms with Crippen LogP contribution in [0.2, 0.25) is 0 Å². The van der Waals surface area contributed by atoms with Crippen LogP contribution in [0.1, 0.15) is 0 Å². The second-order valence-electron chi connectivity index (χ2n) is 2.01. The van der Waals surface area contributed by atoms with E-state index in [1.54, 1.807) is 0 Å². The molecule has 0 fully saturated rings. The van der Waals surface area contributed by atoms with Crippen LogP contribution in [-0.2, 0) is 0 Å². The smallest absolute Gasteiger partial charge is 0.180 e. The molecule has 0 radical (unpaired) electrons. The lowest BCUT2D eigenvalue weighted by molar-refractivity contribution is 0.402. The lowest BCUT2D eigenvalue weighted by Crippen LogP contribution is -1.97. The molecule has 0 aliphatic rings. The van der Waals surface area contributed by atoms with Crippen LogP contribution in [0.4, 0.5) is 0 Å². The summed E-state index contributed by atoms with van der Waals surface area (Å²) in [6.45, 7) is 7.24. The van der Waals surface area contributed by atoms with Gasteiger partial charge in [-0.2, -0.15) is 5.10 Å². The zero-order valence-electron chi connectivity index (χ0n) is 5.22. The molecule has 0 saturated heterocycles. The Morgan fingerprint density at radius 2 is 2.10 bits per heavy atom. The summed E-state index contributed by atoms with van der Waals surface area (Å²) in [5.41, 5.74) is 1.79. The third kappa shape index (κ3) is 0.452. The van der Waals surface area contributed by atoms with Crippen molar-refractivity contribution in [1.29, 1.82) is 0 Å². The molecule has 1 N–H and O–H groups in total. The number of fused-ring (bicyclic) bond motifs is 1. The first-order valence-corrected chi connectivity index (χ1v) is 2.76. The maximum Gasteiger partial charge on any atom is 0.180 e. The topological polar surface area (TPSA) is 54.7 Å². The molecule has 2 aromatic heterocycles. The Bertz CT molecular complexity index is 409. The fourth-order valence-corrected chi connectivity index (χ4v) is 0.809. The molecule has 10 heavy (non-hydrogen) atoms. The minimum atomic E-state index is 0.473. The second kappa shape index (κ2) is 1.47. The first-order chi connectivity index (χ1) is 4.79. The molecular weight excluding hydrogens is 130 g/mol. The van der Waals surface area contributed by atoms with Gasteiger partial charge in [0.05, 0.1) is 5.35 Å². The van der Waals surface area contributed by atoms with Crippen LogP contribution in [-0.4, -0.2) is 15.4 Å². The second-order valence-corrected chi connectivity index (χ2v) is 2.01. The fraction of sp³-hybridized carbons (Fsp3) is 0. The molecule has 2 rings (SSSR count). The number of aromatic nitrogens is 3. The van der Waals surface area contributed by atoms with Crippen molar-refractivity contribution in [3.8, 4) is 0 Å². The fourth-order valence-electron chi connectivity index (χ4n) is 0.809. The average molecular weight is 135 g/mol. The van der Waals surface area contributed by atoms with Crippen molar-refractivity contribution in [3.63, 3.8) is 0 Å². The summed E-state index contributed by atoms with van der Waals surface area (Å²) in [5, 5.41) is 10.9. The lowest BCUT2D eigenvalue weighted by Gasteiger charge is -1.66. The van der Waals surface area contributed by atoms with Crippen molar-refractivity contribution in [2.45, 2.75) is 0 Å². The van der Waals surface area contributed by atoms with E-state index in [2.05, 4.69) is 28.5 Å². The number of hydrogen-bond donors (Lipinski definition) is 1. The van der Waals surface area contributed by atoms with E-state index in [0.717, 1.165) is 0 Å². The molecule has 2 heterocycles. The van der Waals surface area contributed by atoms with Crippen LogP contribution in [0.5, 0.6) is 0 Å². The van der Waals surface area contributed by atoms with Gasteiger partial charge in [-0.25, -0.2) is 0 Å². The Kier molecular flexibility index (Phi) is 0.768. The SMILES string of the molecule is C=c1[nH]nc2c(=C)onc12. The Morgan fingerprint density at radius 3 is 2.80 bits per heavy atom. The van der Waals surface area contributed by atoms with Gasteiger partial charge in [-0.05, 0) is 0 Å². The van der Waals surface area contributed by atoms with Gasteiger partial charge in [-0.3, -0.25) is 5.10 Å². The largest absolute Gasteiger partial charge is 0.354 e. The minimum absolute atomic E-state index is 0.473. The molecule has 0 saturated carbocycles. The molecule has 0 aromatic carbocycles. The van der Waals surface area contributed by atoms with E-state index in [9.17, 15) is 0 Å². The van der Waals surface area contributed by atoms with Gasteiger partial charge >= 0.3 is 0 Å². The predicted octanol–water partition coefficient (Wildman–Crippen LogP) is -0.629. The van der Waals surface area contributed by atoms with E-state index in [1.807, 2.05) is 0 Å². The van der Waals surface area contributed by atoms with E-state index >= 15 is 0 Å². The van der Waals surface area contributed by atoms with E-state index in [4.69, 9.17) is 4.52 Å². The molecule has 0 atom stereocenters. The number of aromatic amines is 1. The number of rotatable bonds is 0. The van der Waals surface area contributed by atoms with Crippen molar-refractivity contribution in [3.05, 3.63) is 10.8 Å². The summed E-state index contributed by atoms with van der Waals surface area (Å²) in [4.78, 5) is 0. The number of nitrogens with one attached hydrogen (secondary N) is 1. The number of hydrogen-bond acceptors (Lipinski definition) is 3. The van der Waals surface area contributed by atoms with Crippen molar-refractivity contribution >= 4 is 24.2 Å². The van der Waals surface area contributed by atoms with E-state index in [0.29, 0.717) is 21.8 Å². The highest BCUT2D eigenvalue weighted by Gasteiger charge is 2.02. The van der Waals surface area contributed by atoms with Gasteiger partial charge < -0.3 is 4.52 Å². The van der Waals surface area contributed by atoms with Gasteiger partial charge in [-0.1, -0.05) is 18.3 Å². The molecule has 50 valence electrons. The molecule has 4 heteroatoms. The Balaban J connectivity index is 3.24. The lowest BCUT2D eigenvalue weighted by atomic mass is 10.4. The van der Waals surface area contributed by atoms with Gasteiger partial charge in [-0.15, -0.1) is 0 Å². The third-order valence-electron chi connectivity index (χ3n) is 1.32. The normalized spacial score (nSPS) is 10.8. The van der Waals surface area contributed by atoms with E-state index in [1.165, 1.54) is 0 Å². The Morgan fingerprint density at radius 1 is 1.30 bits per heavy atom. The van der Waals surface area contributed by atoms with Crippen LogP contribution in [0, 0.1) is 0 Å². The summed E-state index contributed by atoms with van der Waals surface area (Å²) in [6, 6.07) is 0. The van der Waals surface area contributed by atoms with Crippen LogP contribution < -0.4 is 10.8 Å². The quantitative estimate of drug-likeness (QED) is 0.523. The molecule has 4 nitrogen and oxygen atoms in total. The van der Waals surface area contributed by atoms with Crippen LogP contribution in [0.15, 0.2) is 4.52 Å². The molecule has 0 aliphatic carbocycles. The zero-order chi connectivity index (χ0) is 7.14. The number of nitrogens with zero attached hydrogens (tertiary/aromatic N) is 2. The Labute approximate surface area is 55.8 Å². The van der Waals surface area contributed by atoms with E-state index < -0.39 is 0 Å². The van der Waals surface area contributed by atoms with Crippen LogP contribution >= 0.6 is 0 Å². The van der Waals surface area contributed by atoms with Gasteiger partial charge in [0.15, 0.2) is 16.4 Å². The van der Waals surface area contributed by atoms with Crippen LogP contribution in [0.25, 0.3) is 24.2 Å². The standard InChI is InChI=1S/C6H5N3O/c1-3-5-6(8-7-3)4(2)10-9-5/h7H,1-2H2. The molecule has 0 aliphatic heterocycles.